The Labute approximate surface area is 323 Å². The molecule has 0 aliphatic heterocycles. The molecule has 7 rings (SSSR count). The zero-order valence-electron chi connectivity index (χ0n) is 27.9. The molecule has 0 aliphatic rings. The van der Waals surface area contributed by atoms with Gasteiger partial charge < -0.3 is 20.1 Å². The first-order valence-corrected chi connectivity index (χ1v) is 17.0. The number of thiazole rings is 1. The van der Waals surface area contributed by atoms with Crippen molar-refractivity contribution in [1.82, 2.24) is 4.98 Å². The SMILES string of the molecule is O=C([O-])C(=NOC(c1ccccc1)(c1ccccc1)c1ccccc1)c1csc(NC(c2ccccc2)(c2ccccc2)c2ccccc2)n1.[Na+]. The second-order valence-electron chi connectivity index (χ2n) is 11.6. The third-order valence-electron chi connectivity index (χ3n) is 8.67. The van der Waals surface area contributed by atoms with Gasteiger partial charge in [0.05, 0.1) is 5.97 Å². The topological polar surface area (TPSA) is 86.6 Å². The van der Waals surface area contributed by atoms with Crippen LogP contribution in [0.3, 0.4) is 0 Å². The number of rotatable bonds is 12. The summed E-state index contributed by atoms with van der Waals surface area (Å²) >= 11 is 1.28. The van der Waals surface area contributed by atoms with Crippen LogP contribution in [0.25, 0.3) is 0 Å². The van der Waals surface area contributed by atoms with Gasteiger partial charge in [0.15, 0.2) is 10.8 Å². The number of carboxylic acids is 1. The average molecular weight is 694 g/mol. The number of nitrogens with zero attached hydrogens (tertiary/aromatic N) is 2. The number of aliphatic carboxylic acids is 1. The number of anilines is 1. The fraction of sp³-hybridized carbons (Fsp3) is 0.0465. The quantitative estimate of drug-likeness (QED) is 0.0842. The molecular weight excluding hydrogens is 662 g/mol. The van der Waals surface area contributed by atoms with Gasteiger partial charge in [-0.3, -0.25) is 0 Å². The Hall–Kier alpha value is -5.31. The molecule has 0 atom stereocenters. The van der Waals surface area contributed by atoms with Crippen LogP contribution in [0.4, 0.5) is 5.13 Å². The molecular formula is C43H32N3NaO3S. The van der Waals surface area contributed by atoms with Crippen LogP contribution in [-0.4, -0.2) is 16.7 Å². The zero-order valence-corrected chi connectivity index (χ0v) is 30.7. The van der Waals surface area contributed by atoms with E-state index in [1.54, 1.807) is 5.38 Å². The molecule has 0 saturated heterocycles. The van der Waals surface area contributed by atoms with E-state index >= 15 is 0 Å². The average Bonchev–Trinajstić information content (AvgIpc) is 3.65. The predicted molar refractivity (Wildman–Crippen MR) is 197 cm³/mol. The van der Waals surface area contributed by atoms with Crippen LogP contribution < -0.4 is 40.0 Å². The van der Waals surface area contributed by atoms with Crippen molar-refractivity contribution in [1.29, 1.82) is 0 Å². The van der Waals surface area contributed by atoms with Gasteiger partial charge in [0.2, 0.25) is 5.60 Å². The van der Waals surface area contributed by atoms with Crippen LogP contribution in [0.2, 0.25) is 0 Å². The standard InChI is InChI=1S/C43H33N3O3S.Na/c47-40(48)39(46-49-43(35-25-13-4-14-26-35,36-27-15-5-16-28-36)37-29-17-6-18-30-37)38-31-50-41(44-38)45-42(32-19-7-1-8-20-32,33-21-9-2-10-22-33)34-23-11-3-12-24-34;/h1-31H,(H,44,45)(H,47,48);/q;+1/p-1. The molecule has 7 aromatic rings. The van der Waals surface area contributed by atoms with Crippen LogP contribution in [0.15, 0.2) is 193 Å². The van der Waals surface area contributed by atoms with E-state index in [0.29, 0.717) is 5.13 Å². The van der Waals surface area contributed by atoms with Crippen LogP contribution in [0, 0.1) is 0 Å². The van der Waals surface area contributed by atoms with Gasteiger partial charge in [-0.15, -0.1) is 11.3 Å². The molecule has 0 spiro atoms. The third kappa shape index (κ3) is 7.16. The summed E-state index contributed by atoms with van der Waals surface area (Å²) in [5.41, 5.74) is 2.87. The van der Waals surface area contributed by atoms with Gasteiger partial charge in [-0.2, -0.15) is 0 Å². The molecule has 0 unspecified atom stereocenters. The molecule has 0 fully saturated rings. The molecule has 6 aromatic carbocycles. The number of oxime groups is 1. The Kier molecular flexibility index (Phi) is 11.2. The Balaban J connectivity index is 0.00000448. The zero-order chi connectivity index (χ0) is 34.2. The summed E-state index contributed by atoms with van der Waals surface area (Å²) in [7, 11) is 0. The molecule has 6 nitrogen and oxygen atoms in total. The minimum atomic E-state index is -1.51. The van der Waals surface area contributed by atoms with Crippen molar-refractivity contribution in [3.63, 3.8) is 0 Å². The van der Waals surface area contributed by atoms with Crippen LogP contribution in [0.5, 0.6) is 0 Å². The molecule has 1 heterocycles. The van der Waals surface area contributed by atoms with Crippen LogP contribution in [0.1, 0.15) is 39.1 Å². The number of aromatic nitrogens is 1. The Morgan fingerprint density at radius 3 is 1.24 bits per heavy atom. The van der Waals surface area contributed by atoms with Crippen molar-refractivity contribution in [2.45, 2.75) is 11.1 Å². The Morgan fingerprint density at radius 2 is 0.902 bits per heavy atom. The molecule has 0 aliphatic carbocycles. The second kappa shape index (κ2) is 16.1. The molecule has 1 aromatic heterocycles. The third-order valence-corrected chi connectivity index (χ3v) is 9.43. The summed E-state index contributed by atoms with van der Waals surface area (Å²) in [5.74, 6) is -1.51. The summed E-state index contributed by atoms with van der Waals surface area (Å²) in [5, 5.41) is 23.0. The van der Waals surface area contributed by atoms with Gasteiger partial charge in [0.1, 0.15) is 11.2 Å². The van der Waals surface area contributed by atoms with Gasteiger partial charge >= 0.3 is 29.6 Å². The number of nitrogens with one attached hydrogen (secondary N) is 1. The molecule has 0 bridgehead atoms. The Morgan fingerprint density at radius 1 is 0.569 bits per heavy atom. The number of hydrogen-bond acceptors (Lipinski definition) is 7. The number of carbonyl (C=O) groups excluding carboxylic acids is 1. The van der Waals surface area contributed by atoms with Gasteiger partial charge in [-0.05, 0) is 16.7 Å². The van der Waals surface area contributed by atoms with E-state index in [1.165, 1.54) is 11.3 Å². The van der Waals surface area contributed by atoms with E-state index < -0.39 is 22.8 Å². The molecule has 8 heteroatoms. The summed E-state index contributed by atoms with van der Waals surface area (Å²) in [6, 6.07) is 59.3. The second-order valence-corrected chi connectivity index (χ2v) is 12.5. The van der Waals surface area contributed by atoms with Gasteiger partial charge in [0, 0.05) is 22.1 Å². The number of hydrogen-bond donors (Lipinski definition) is 1. The van der Waals surface area contributed by atoms with E-state index in [0.717, 1.165) is 33.4 Å². The van der Waals surface area contributed by atoms with Crippen molar-refractivity contribution in [3.05, 3.63) is 226 Å². The monoisotopic (exact) mass is 693 g/mol. The van der Waals surface area contributed by atoms with Crippen molar-refractivity contribution in [2.75, 3.05) is 5.32 Å². The van der Waals surface area contributed by atoms with Crippen LogP contribution >= 0.6 is 11.3 Å². The van der Waals surface area contributed by atoms with Crippen molar-refractivity contribution < 1.29 is 44.3 Å². The van der Waals surface area contributed by atoms with Crippen molar-refractivity contribution in [3.8, 4) is 0 Å². The fourth-order valence-electron chi connectivity index (χ4n) is 6.36. The van der Waals surface area contributed by atoms with Crippen molar-refractivity contribution in [2.24, 2.45) is 5.16 Å². The van der Waals surface area contributed by atoms with E-state index in [4.69, 9.17) is 9.82 Å². The normalized spacial score (nSPS) is 11.6. The van der Waals surface area contributed by atoms with E-state index in [9.17, 15) is 9.90 Å². The van der Waals surface area contributed by atoms with Crippen LogP contribution in [-0.2, 0) is 20.8 Å². The first-order chi connectivity index (χ1) is 24.6. The summed E-state index contributed by atoms with van der Waals surface area (Å²) in [4.78, 5) is 24.1. The largest absolute Gasteiger partial charge is 1.00 e. The first-order valence-electron chi connectivity index (χ1n) is 16.2. The maximum atomic E-state index is 12.8. The molecule has 1 N–H and O–H groups in total. The van der Waals surface area contributed by atoms with Gasteiger partial charge in [-0.25, -0.2) is 4.98 Å². The number of carbonyl (C=O) groups is 1. The minimum Gasteiger partial charge on any atom is -0.543 e. The maximum absolute atomic E-state index is 12.8. The maximum Gasteiger partial charge on any atom is 1.00 e. The molecule has 51 heavy (non-hydrogen) atoms. The number of carboxylic acid groups (broad SMARTS) is 1. The number of benzene rings is 6. The van der Waals surface area contributed by atoms with Gasteiger partial charge in [0.25, 0.3) is 0 Å². The summed E-state index contributed by atoms with van der Waals surface area (Å²) in [6.07, 6.45) is 0. The molecule has 0 saturated carbocycles. The molecule has 244 valence electrons. The van der Waals surface area contributed by atoms with E-state index in [1.807, 2.05) is 146 Å². The molecule has 0 amide bonds. The molecule has 0 radical (unpaired) electrons. The van der Waals surface area contributed by atoms with Crippen molar-refractivity contribution >= 4 is 28.1 Å². The summed E-state index contributed by atoms with van der Waals surface area (Å²) < 4.78 is 0. The Bertz CT molecular complexity index is 1990. The van der Waals surface area contributed by atoms with E-state index in [-0.39, 0.29) is 35.3 Å². The summed E-state index contributed by atoms with van der Waals surface area (Å²) in [6.45, 7) is 0. The minimum absolute atomic E-state index is 0. The van der Waals surface area contributed by atoms with E-state index in [2.05, 4.69) is 46.9 Å². The predicted octanol–water partition coefficient (Wildman–Crippen LogP) is 5.01. The smallest absolute Gasteiger partial charge is 0.543 e. The first kappa shape index (κ1) is 35.5. The fourth-order valence-corrected chi connectivity index (χ4v) is 7.11. The van der Waals surface area contributed by atoms with Gasteiger partial charge in [-0.1, -0.05) is 187 Å².